The number of rotatable bonds is 5. The van der Waals surface area contributed by atoms with Gasteiger partial charge in [-0.15, -0.1) is 0 Å². The topological polar surface area (TPSA) is 50.3 Å². The Balaban J connectivity index is 1.48. The molecular weight excluding hydrogens is 324 g/mol. The number of hydrogen-bond acceptors (Lipinski definition) is 5. The fourth-order valence-corrected chi connectivity index (χ4v) is 3.10. The molecule has 0 radical (unpaired) electrons. The van der Waals surface area contributed by atoms with Gasteiger partial charge in [0.05, 0.1) is 0 Å². The summed E-state index contributed by atoms with van der Waals surface area (Å²) >= 11 is 0. The molecule has 0 aliphatic carbocycles. The van der Waals surface area contributed by atoms with E-state index in [0.717, 1.165) is 36.1 Å². The van der Waals surface area contributed by atoms with E-state index in [2.05, 4.69) is 20.2 Å². The lowest BCUT2D eigenvalue weighted by atomic mass is 10.1. The molecule has 5 heteroatoms. The lowest BCUT2D eigenvalue weighted by Gasteiger charge is -2.27. The number of anilines is 3. The van der Waals surface area contributed by atoms with E-state index in [-0.39, 0.29) is 0 Å². The molecule has 0 bridgehead atoms. The molecule has 0 saturated carbocycles. The van der Waals surface area contributed by atoms with Gasteiger partial charge in [-0.25, -0.2) is 4.98 Å². The van der Waals surface area contributed by atoms with E-state index in [1.54, 1.807) is 0 Å². The van der Waals surface area contributed by atoms with Gasteiger partial charge in [0.2, 0.25) is 5.95 Å². The first-order valence-electron chi connectivity index (χ1n) is 9.05. The van der Waals surface area contributed by atoms with Gasteiger partial charge < -0.3 is 15.0 Å². The van der Waals surface area contributed by atoms with Crippen LogP contribution in [0.1, 0.15) is 19.3 Å². The normalized spacial score (nSPS) is 14.1. The Hall–Kier alpha value is -3.08. The molecule has 26 heavy (non-hydrogen) atoms. The molecule has 3 aromatic rings. The number of ether oxygens (including phenoxy) is 1. The molecule has 0 unspecified atom stereocenters. The van der Waals surface area contributed by atoms with Crippen molar-refractivity contribution >= 4 is 17.5 Å². The summed E-state index contributed by atoms with van der Waals surface area (Å²) in [5, 5.41) is 3.28. The Bertz CT molecular complexity index is 847. The summed E-state index contributed by atoms with van der Waals surface area (Å²) in [5.74, 6) is 3.17. The minimum Gasteiger partial charge on any atom is -0.457 e. The molecule has 1 saturated heterocycles. The summed E-state index contributed by atoms with van der Waals surface area (Å²) < 4.78 is 5.89. The second kappa shape index (κ2) is 7.87. The Morgan fingerprint density at radius 3 is 2.50 bits per heavy atom. The third kappa shape index (κ3) is 4.11. The molecule has 1 aromatic heterocycles. The van der Waals surface area contributed by atoms with E-state index in [9.17, 15) is 0 Å². The van der Waals surface area contributed by atoms with E-state index in [1.807, 2.05) is 66.9 Å². The van der Waals surface area contributed by atoms with Crippen LogP contribution in [0.2, 0.25) is 0 Å². The minimum absolute atomic E-state index is 0.602. The molecule has 0 atom stereocenters. The van der Waals surface area contributed by atoms with Gasteiger partial charge in [0, 0.05) is 31.0 Å². The quantitative estimate of drug-likeness (QED) is 0.704. The SMILES string of the molecule is c1ccc(Oc2cccc(Nc3nccc(N4CCCCC4)n3)c2)cc1. The number of hydrogen-bond donors (Lipinski definition) is 1. The second-order valence-corrected chi connectivity index (χ2v) is 6.35. The monoisotopic (exact) mass is 346 g/mol. The maximum absolute atomic E-state index is 5.89. The van der Waals surface area contributed by atoms with Crippen LogP contribution in [0.4, 0.5) is 17.5 Å². The van der Waals surface area contributed by atoms with Gasteiger partial charge in [0.15, 0.2) is 0 Å². The van der Waals surface area contributed by atoms with E-state index in [1.165, 1.54) is 19.3 Å². The van der Waals surface area contributed by atoms with Crippen LogP contribution in [0, 0.1) is 0 Å². The van der Waals surface area contributed by atoms with Crippen molar-refractivity contribution in [3.63, 3.8) is 0 Å². The Kier molecular flexibility index (Phi) is 4.96. The highest BCUT2D eigenvalue weighted by molar-refractivity contribution is 5.57. The van der Waals surface area contributed by atoms with Gasteiger partial charge in [0.1, 0.15) is 17.3 Å². The molecule has 1 N–H and O–H groups in total. The van der Waals surface area contributed by atoms with Crippen molar-refractivity contribution in [2.45, 2.75) is 19.3 Å². The molecule has 132 valence electrons. The first-order chi connectivity index (χ1) is 12.9. The Labute approximate surface area is 153 Å². The average molecular weight is 346 g/mol. The van der Waals surface area contributed by atoms with Gasteiger partial charge >= 0.3 is 0 Å². The summed E-state index contributed by atoms with van der Waals surface area (Å²) in [6, 6.07) is 19.5. The Morgan fingerprint density at radius 1 is 0.846 bits per heavy atom. The zero-order valence-electron chi connectivity index (χ0n) is 14.6. The molecular formula is C21H22N4O. The maximum Gasteiger partial charge on any atom is 0.229 e. The minimum atomic E-state index is 0.602. The van der Waals surface area contributed by atoms with Crippen LogP contribution >= 0.6 is 0 Å². The molecule has 0 amide bonds. The van der Waals surface area contributed by atoms with E-state index in [4.69, 9.17) is 4.74 Å². The molecule has 1 fully saturated rings. The van der Waals surface area contributed by atoms with Gasteiger partial charge in [-0.3, -0.25) is 0 Å². The standard InChI is InChI=1S/C21H22N4O/c1-3-9-18(10-4-1)26-19-11-7-8-17(16-19)23-21-22-13-12-20(24-21)25-14-5-2-6-15-25/h1,3-4,7-13,16H,2,5-6,14-15H2,(H,22,23,24). The molecule has 2 heterocycles. The summed E-state index contributed by atoms with van der Waals surface area (Å²) in [7, 11) is 0. The van der Waals surface area contributed by atoms with Crippen LogP contribution in [0.3, 0.4) is 0 Å². The van der Waals surface area contributed by atoms with Gasteiger partial charge in [-0.1, -0.05) is 24.3 Å². The number of nitrogens with zero attached hydrogens (tertiary/aromatic N) is 3. The average Bonchev–Trinajstić information content (AvgIpc) is 2.70. The van der Waals surface area contributed by atoms with Crippen molar-refractivity contribution in [3.8, 4) is 11.5 Å². The molecule has 2 aromatic carbocycles. The van der Waals surface area contributed by atoms with Crippen LogP contribution < -0.4 is 15.0 Å². The summed E-state index contributed by atoms with van der Waals surface area (Å²) in [4.78, 5) is 11.3. The molecule has 0 spiro atoms. The van der Waals surface area contributed by atoms with Gasteiger partial charge in [-0.2, -0.15) is 4.98 Å². The summed E-state index contributed by atoms with van der Waals surface area (Å²) in [5.41, 5.74) is 0.897. The highest BCUT2D eigenvalue weighted by Crippen LogP contribution is 2.25. The molecule has 5 nitrogen and oxygen atoms in total. The van der Waals surface area contributed by atoms with Crippen molar-refractivity contribution in [3.05, 3.63) is 66.9 Å². The fraction of sp³-hybridized carbons (Fsp3) is 0.238. The fourth-order valence-electron chi connectivity index (χ4n) is 3.10. The lowest BCUT2D eigenvalue weighted by molar-refractivity contribution is 0.483. The predicted molar refractivity (Wildman–Crippen MR) is 104 cm³/mol. The maximum atomic E-state index is 5.89. The lowest BCUT2D eigenvalue weighted by Crippen LogP contribution is -2.30. The summed E-state index contributed by atoms with van der Waals surface area (Å²) in [6.45, 7) is 2.13. The van der Waals surface area contributed by atoms with Crippen LogP contribution in [-0.2, 0) is 0 Å². The molecule has 4 rings (SSSR count). The zero-order valence-corrected chi connectivity index (χ0v) is 14.6. The predicted octanol–water partition coefficient (Wildman–Crippen LogP) is 5.00. The van der Waals surface area contributed by atoms with Crippen LogP contribution in [0.25, 0.3) is 0 Å². The number of nitrogens with one attached hydrogen (secondary N) is 1. The van der Waals surface area contributed by atoms with Gasteiger partial charge in [0.25, 0.3) is 0 Å². The van der Waals surface area contributed by atoms with Crippen LogP contribution in [0.15, 0.2) is 66.9 Å². The molecule has 1 aliphatic heterocycles. The van der Waals surface area contributed by atoms with Crippen molar-refractivity contribution < 1.29 is 4.74 Å². The van der Waals surface area contributed by atoms with E-state index >= 15 is 0 Å². The smallest absolute Gasteiger partial charge is 0.229 e. The van der Waals surface area contributed by atoms with Crippen molar-refractivity contribution in [2.24, 2.45) is 0 Å². The van der Waals surface area contributed by atoms with E-state index < -0.39 is 0 Å². The zero-order chi connectivity index (χ0) is 17.6. The Morgan fingerprint density at radius 2 is 1.65 bits per heavy atom. The first kappa shape index (κ1) is 16.4. The third-order valence-corrected chi connectivity index (χ3v) is 4.39. The highest BCUT2D eigenvalue weighted by atomic mass is 16.5. The highest BCUT2D eigenvalue weighted by Gasteiger charge is 2.12. The van der Waals surface area contributed by atoms with Crippen LogP contribution in [-0.4, -0.2) is 23.1 Å². The summed E-state index contributed by atoms with van der Waals surface area (Å²) in [6.07, 6.45) is 5.57. The number of aromatic nitrogens is 2. The number of piperidine rings is 1. The largest absolute Gasteiger partial charge is 0.457 e. The number of benzene rings is 2. The van der Waals surface area contributed by atoms with E-state index in [0.29, 0.717) is 5.95 Å². The first-order valence-corrected chi connectivity index (χ1v) is 9.05. The van der Waals surface area contributed by atoms with Gasteiger partial charge in [-0.05, 0) is 49.6 Å². The third-order valence-electron chi connectivity index (χ3n) is 4.39. The molecule has 1 aliphatic rings. The van der Waals surface area contributed by atoms with Crippen molar-refractivity contribution in [1.29, 1.82) is 0 Å². The van der Waals surface area contributed by atoms with Crippen molar-refractivity contribution in [2.75, 3.05) is 23.3 Å². The second-order valence-electron chi connectivity index (χ2n) is 6.35. The number of para-hydroxylation sites is 1. The van der Waals surface area contributed by atoms with Crippen LogP contribution in [0.5, 0.6) is 11.5 Å². The van der Waals surface area contributed by atoms with Crippen molar-refractivity contribution in [1.82, 2.24) is 9.97 Å².